The first kappa shape index (κ1) is 13.0. The van der Waals surface area contributed by atoms with Gasteiger partial charge in [-0.25, -0.2) is 0 Å². The van der Waals surface area contributed by atoms with Crippen molar-refractivity contribution >= 4 is 0 Å². The monoisotopic (exact) mass is 217 g/mol. The van der Waals surface area contributed by atoms with Crippen LogP contribution in [-0.4, -0.2) is 4.98 Å². The number of aromatic nitrogens is 1. The van der Waals surface area contributed by atoms with Gasteiger partial charge in [-0.1, -0.05) is 19.4 Å². The molecule has 0 aliphatic carbocycles. The second kappa shape index (κ2) is 6.47. The van der Waals surface area contributed by atoms with Crippen LogP contribution in [0.25, 0.3) is 0 Å². The van der Waals surface area contributed by atoms with Gasteiger partial charge in [-0.2, -0.15) is 0 Å². The fraction of sp³-hybridized carbons (Fsp3) is 0.533. The minimum Gasteiger partial charge on any atom is -0.261 e. The van der Waals surface area contributed by atoms with Gasteiger partial charge in [-0.3, -0.25) is 4.98 Å². The van der Waals surface area contributed by atoms with Crippen molar-refractivity contribution in [2.75, 3.05) is 0 Å². The molecule has 1 nitrogen and oxygen atoms in total. The van der Waals surface area contributed by atoms with Crippen molar-refractivity contribution in [2.45, 2.75) is 52.9 Å². The Morgan fingerprint density at radius 1 is 1.25 bits per heavy atom. The van der Waals surface area contributed by atoms with E-state index in [4.69, 9.17) is 0 Å². The molecule has 0 N–H and O–H groups in total. The first-order chi connectivity index (χ1) is 7.70. The lowest BCUT2D eigenvalue weighted by Crippen LogP contribution is -2.03. The molecular weight excluding hydrogens is 194 g/mol. The fourth-order valence-corrected chi connectivity index (χ4v) is 2.09. The number of hydrogen-bond acceptors (Lipinski definition) is 1. The van der Waals surface area contributed by atoms with Crippen LogP contribution in [0.4, 0.5) is 0 Å². The lowest BCUT2D eigenvalue weighted by atomic mass is 9.94. The van der Waals surface area contributed by atoms with E-state index in [1.165, 1.54) is 41.6 Å². The highest BCUT2D eigenvalue weighted by Gasteiger charge is 2.08. The van der Waals surface area contributed by atoms with Gasteiger partial charge in [0.25, 0.3) is 0 Å². The summed E-state index contributed by atoms with van der Waals surface area (Å²) in [6, 6.07) is 0. The molecule has 88 valence electrons. The third kappa shape index (κ3) is 3.19. The maximum absolute atomic E-state index is 4.47. The molecule has 0 saturated heterocycles. The smallest absolute Gasteiger partial charge is 0.0407 e. The summed E-state index contributed by atoms with van der Waals surface area (Å²) in [5.74, 6) is 0. The van der Waals surface area contributed by atoms with Crippen LogP contribution in [0.2, 0.25) is 0 Å². The predicted octanol–water partition coefficient (Wildman–Crippen LogP) is 4.16. The Bertz CT molecular complexity index is 353. The van der Waals surface area contributed by atoms with Crippen molar-refractivity contribution in [3.63, 3.8) is 0 Å². The molecule has 0 unspecified atom stereocenters. The first-order valence-electron chi connectivity index (χ1n) is 6.25. The molecule has 1 aromatic heterocycles. The summed E-state index contributed by atoms with van der Waals surface area (Å²) in [5, 5.41) is 0. The van der Waals surface area contributed by atoms with E-state index in [0.29, 0.717) is 0 Å². The molecule has 1 heteroatoms. The molecule has 0 radical (unpaired) electrons. The van der Waals surface area contributed by atoms with Crippen LogP contribution in [0.1, 0.15) is 48.6 Å². The number of nitrogens with zero attached hydrogens (tertiary/aromatic N) is 1. The second-order valence-corrected chi connectivity index (χ2v) is 4.41. The van der Waals surface area contributed by atoms with Crippen molar-refractivity contribution in [1.82, 2.24) is 4.98 Å². The van der Waals surface area contributed by atoms with E-state index < -0.39 is 0 Å². The molecule has 16 heavy (non-hydrogen) atoms. The van der Waals surface area contributed by atoms with Gasteiger partial charge in [-0.05, 0) is 56.2 Å². The highest BCUT2D eigenvalue weighted by molar-refractivity contribution is 5.36. The Morgan fingerprint density at radius 2 is 2.00 bits per heavy atom. The van der Waals surface area contributed by atoms with Crippen LogP contribution in [0, 0.1) is 13.8 Å². The maximum atomic E-state index is 4.47. The first-order valence-corrected chi connectivity index (χ1v) is 6.25. The van der Waals surface area contributed by atoms with Crippen LogP contribution in [0.15, 0.2) is 18.9 Å². The van der Waals surface area contributed by atoms with E-state index in [0.717, 1.165) is 12.8 Å². The highest BCUT2D eigenvalue weighted by atomic mass is 14.7. The van der Waals surface area contributed by atoms with Gasteiger partial charge in [0.15, 0.2) is 0 Å². The standard InChI is InChI=1S/C15H23N/c1-5-7-9-14-12(3)11-16-13(4)15(14)10-8-6-2/h5,11H,1,6-10H2,2-4H3. The van der Waals surface area contributed by atoms with Crippen molar-refractivity contribution in [1.29, 1.82) is 0 Å². The zero-order valence-corrected chi connectivity index (χ0v) is 10.8. The number of allylic oxidation sites excluding steroid dienone is 1. The summed E-state index contributed by atoms with van der Waals surface area (Å²) in [7, 11) is 0. The molecule has 0 aromatic carbocycles. The quantitative estimate of drug-likeness (QED) is 0.652. The Labute approximate surface area is 99.6 Å². The fourth-order valence-electron chi connectivity index (χ4n) is 2.09. The second-order valence-electron chi connectivity index (χ2n) is 4.41. The summed E-state index contributed by atoms with van der Waals surface area (Å²) in [5.41, 5.74) is 5.52. The average molecular weight is 217 g/mol. The van der Waals surface area contributed by atoms with Crippen molar-refractivity contribution < 1.29 is 0 Å². The average Bonchev–Trinajstić information content (AvgIpc) is 2.29. The van der Waals surface area contributed by atoms with E-state index in [2.05, 4.69) is 32.3 Å². The lowest BCUT2D eigenvalue weighted by Gasteiger charge is -2.14. The van der Waals surface area contributed by atoms with Crippen LogP contribution < -0.4 is 0 Å². The molecule has 0 spiro atoms. The van der Waals surface area contributed by atoms with Gasteiger partial charge in [0.2, 0.25) is 0 Å². The van der Waals surface area contributed by atoms with Crippen molar-refractivity contribution in [3.8, 4) is 0 Å². The van der Waals surface area contributed by atoms with Crippen LogP contribution in [0.3, 0.4) is 0 Å². The van der Waals surface area contributed by atoms with E-state index in [9.17, 15) is 0 Å². The highest BCUT2D eigenvalue weighted by Crippen LogP contribution is 2.20. The molecule has 0 aliphatic rings. The summed E-state index contributed by atoms with van der Waals surface area (Å²) in [6.45, 7) is 10.3. The lowest BCUT2D eigenvalue weighted by molar-refractivity contribution is 0.771. The molecule has 0 bridgehead atoms. The molecule has 0 saturated carbocycles. The van der Waals surface area contributed by atoms with E-state index in [1.54, 1.807) is 0 Å². The third-order valence-corrected chi connectivity index (χ3v) is 3.11. The number of pyridine rings is 1. The van der Waals surface area contributed by atoms with E-state index in [1.807, 2.05) is 12.3 Å². The zero-order valence-electron chi connectivity index (χ0n) is 10.8. The summed E-state index contributed by atoms with van der Waals surface area (Å²) in [4.78, 5) is 4.47. The van der Waals surface area contributed by atoms with E-state index in [-0.39, 0.29) is 0 Å². The number of unbranched alkanes of at least 4 members (excludes halogenated alkanes) is 1. The van der Waals surface area contributed by atoms with Crippen LogP contribution in [-0.2, 0) is 12.8 Å². The minimum absolute atomic E-state index is 1.06. The Hall–Kier alpha value is -1.11. The molecule has 0 fully saturated rings. The molecular formula is C15H23N. The normalized spacial score (nSPS) is 10.4. The van der Waals surface area contributed by atoms with Crippen LogP contribution in [0.5, 0.6) is 0 Å². The van der Waals surface area contributed by atoms with Gasteiger partial charge in [0, 0.05) is 11.9 Å². The Kier molecular flexibility index (Phi) is 5.24. The topological polar surface area (TPSA) is 12.9 Å². The largest absolute Gasteiger partial charge is 0.261 e. The number of aryl methyl sites for hydroxylation is 2. The van der Waals surface area contributed by atoms with E-state index >= 15 is 0 Å². The van der Waals surface area contributed by atoms with Gasteiger partial charge in [-0.15, -0.1) is 6.58 Å². The maximum Gasteiger partial charge on any atom is 0.0407 e. The van der Waals surface area contributed by atoms with Gasteiger partial charge in [0.1, 0.15) is 0 Å². The van der Waals surface area contributed by atoms with Crippen molar-refractivity contribution in [2.24, 2.45) is 0 Å². The Balaban J connectivity index is 2.99. The summed E-state index contributed by atoms with van der Waals surface area (Å²) < 4.78 is 0. The SMILES string of the molecule is C=CCCc1c(C)cnc(C)c1CCCC. The molecule has 0 amide bonds. The van der Waals surface area contributed by atoms with Gasteiger partial charge >= 0.3 is 0 Å². The molecule has 0 atom stereocenters. The van der Waals surface area contributed by atoms with Gasteiger partial charge < -0.3 is 0 Å². The molecule has 1 heterocycles. The van der Waals surface area contributed by atoms with Crippen molar-refractivity contribution in [3.05, 3.63) is 41.2 Å². The van der Waals surface area contributed by atoms with Gasteiger partial charge in [0.05, 0.1) is 0 Å². The number of hydrogen-bond donors (Lipinski definition) is 0. The summed E-state index contributed by atoms with van der Waals surface area (Å²) in [6.07, 6.45) is 9.84. The van der Waals surface area contributed by atoms with Crippen LogP contribution >= 0.6 is 0 Å². The molecule has 0 aliphatic heterocycles. The molecule has 1 rings (SSSR count). The zero-order chi connectivity index (χ0) is 12.0. The minimum atomic E-state index is 1.06. The number of rotatable bonds is 6. The summed E-state index contributed by atoms with van der Waals surface area (Å²) >= 11 is 0. The third-order valence-electron chi connectivity index (χ3n) is 3.11. The predicted molar refractivity (Wildman–Crippen MR) is 70.8 cm³/mol. The molecule has 1 aromatic rings. The Morgan fingerprint density at radius 3 is 2.62 bits per heavy atom.